The number of aryl methyl sites for hydroxylation is 1. The first-order valence-electron chi connectivity index (χ1n) is 9.90. The number of nitrogens with one attached hydrogen (secondary N) is 1. The van der Waals surface area contributed by atoms with Gasteiger partial charge in [-0.15, -0.1) is 0 Å². The Balaban J connectivity index is 1.49. The first kappa shape index (κ1) is 18.5. The molecule has 1 N–H and O–H groups in total. The number of pyridine rings is 2. The standard InChI is InChI=1S/C22H21FN6O/c1-13-14(8-15-10-24-20-17(15)9-16(23)11-25-20)4-5-19(27-13)18-12-26-22-28(2)6-3-7-29(22)21(18)30/h4-5,9-12H,3,6-8H2,1-2H3,(H,24,25). The molecule has 1 aliphatic heterocycles. The fraction of sp³-hybridized carbons (Fsp3) is 0.273. The maximum atomic E-state index is 13.6. The van der Waals surface area contributed by atoms with Gasteiger partial charge in [0.25, 0.3) is 5.56 Å². The van der Waals surface area contributed by atoms with Crippen LogP contribution in [0.4, 0.5) is 10.3 Å². The molecule has 0 aromatic carbocycles. The van der Waals surface area contributed by atoms with Gasteiger partial charge in [-0.25, -0.2) is 14.4 Å². The second-order valence-corrected chi connectivity index (χ2v) is 7.69. The number of aromatic amines is 1. The van der Waals surface area contributed by atoms with E-state index in [0.29, 0.717) is 35.8 Å². The quantitative estimate of drug-likeness (QED) is 0.568. The Morgan fingerprint density at radius 3 is 2.87 bits per heavy atom. The van der Waals surface area contributed by atoms with E-state index in [1.165, 1.54) is 12.3 Å². The summed E-state index contributed by atoms with van der Waals surface area (Å²) in [6.45, 7) is 3.48. The number of halogens is 1. The lowest BCUT2D eigenvalue weighted by Crippen LogP contribution is -2.36. The molecular weight excluding hydrogens is 383 g/mol. The highest BCUT2D eigenvalue weighted by atomic mass is 19.1. The van der Waals surface area contributed by atoms with Crippen molar-refractivity contribution >= 4 is 17.0 Å². The lowest BCUT2D eigenvalue weighted by molar-refractivity contribution is 0.553. The summed E-state index contributed by atoms with van der Waals surface area (Å²) in [5, 5.41) is 0.764. The number of nitrogens with zero attached hydrogens (tertiary/aromatic N) is 5. The molecule has 4 aromatic rings. The third-order valence-corrected chi connectivity index (χ3v) is 5.68. The van der Waals surface area contributed by atoms with E-state index in [-0.39, 0.29) is 11.4 Å². The third kappa shape index (κ3) is 3.04. The highest BCUT2D eigenvalue weighted by Gasteiger charge is 2.19. The van der Waals surface area contributed by atoms with Gasteiger partial charge in [0.1, 0.15) is 11.5 Å². The van der Waals surface area contributed by atoms with Crippen LogP contribution < -0.4 is 10.5 Å². The molecule has 8 heteroatoms. The van der Waals surface area contributed by atoms with Gasteiger partial charge in [0.2, 0.25) is 5.95 Å². The number of hydrogen-bond donors (Lipinski definition) is 1. The van der Waals surface area contributed by atoms with Crippen molar-refractivity contribution < 1.29 is 4.39 Å². The van der Waals surface area contributed by atoms with Crippen LogP contribution in [-0.4, -0.2) is 38.1 Å². The van der Waals surface area contributed by atoms with E-state index in [1.807, 2.05) is 37.2 Å². The first-order valence-corrected chi connectivity index (χ1v) is 9.90. The molecule has 0 unspecified atom stereocenters. The molecule has 5 rings (SSSR count). The molecule has 0 atom stereocenters. The number of rotatable bonds is 3. The van der Waals surface area contributed by atoms with Crippen molar-refractivity contribution in [3.63, 3.8) is 0 Å². The van der Waals surface area contributed by atoms with Crippen LogP contribution in [0.3, 0.4) is 0 Å². The molecule has 0 aliphatic carbocycles. The molecule has 0 amide bonds. The van der Waals surface area contributed by atoms with Crippen molar-refractivity contribution in [3.8, 4) is 11.3 Å². The Bertz CT molecular complexity index is 1330. The summed E-state index contributed by atoms with van der Waals surface area (Å²) in [5.74, 6) is 0.336. The van der Waals surface area contributed by atoms with Crippen molar-refractivity contribution in [2.75, 3.05) is 18.5 Å². The van der Waals surface area contributed by atoms with Crippen LogP contribution in [0.25, 0.3) is 22.3 Å². The summed E-state index contributed by atoms with van der Waals surface area (Å²) in [6, 6.07) is 5.31. The summed E-state index contributed by atoms with van der Waals surface area (Å²) in [7, 11) is 1.94. The highest BCUT2D eigenvalue weighted by molar-refractivity contribution is 5.80. The van der Waals surface area contributed by atoms with E-state index < -0.39 is 0 Å². The van der Waals surface area contributed by atoms with Gasteiger partial charge in [-0.2, -0.15) is 0 Å². The van der Waals surface area contributed by atoms with Crippen LogP contribution in [0.5, 0.6) is 0 Å². The molecule has 0 radical (unpaired) electrons. The molecule has 0 spiro atoms. The monoisotopic (exact) mass is 404 g/mol. The van der Waals surface area contributed by atoms with Crippen LogP contribution >= 0.6 is 0 Å². The van der Waals surface area contributed by atoms with E-state index in [0.717, 1.165) is 35.2 Å². The summed E-state index contributed by atoms with van der Waals surface area (Å²) in [5.41, 5.74) is 4.50. The summed E-state index contributed by atoms with van der Waals surface area (Å²) in [6.07, 6.45) is 6.18. The molecule has 0 saturated carbocycles. The average Bonchev–Trinajstić information content (AvgIpc) is 3.12. The number of aromatic nitrogens is 5. The van der Waals surface area contributed by atoms with E-state index in [9.17, 15) is 9.18 Å². The summed E-state index contributed by atoms with van der Waals surface area (Å²) in [4.78, 5) is 31.3. The van der Waals surface area contributed by atoms with Crippen molar-refractivity contribution in [1.29, 1.82) is 0 Å². The molecule has 0 saturated heterocycles. The molecule has 152 valence electrons. The fourth-order valence-electron chi connectivity index (χ4n) is 4.04. The molecular formula is C22H21FN6O. The van der Waals surface area contributed by atoms with Gasteiger partial charge >= 0.3 is 0 Å². The van der Waals surface area contributed by atoms with Gasteiger partial charge in [0, 0.05) is 50.0 Å². The van der Waals surface area contributed by atoms with Crippen LogP contribution in [0.2, 0.25) is 0 Å². The Labute approximate surface area is 172 Å². The fourth-order valence-corrected chi connectivity index (χ4v) is 4.04. The van der Waals surface area contributed by atoms with Crippen LogP contribution in [0.15, 0.2) is 41.6 Å². The van der Waals surface area contributed by atoms with Crippen molar-refractivity contribution in [2.24, 2.45) is 0 Å². The minimum Gasteiger partial charge on any atom is -0.346 e. The van der Waals surface area contributed by atoms with Gasteiger partial charge in [-0.1, -0.05) is 6.07 Å². The molecule has 0 bridgehead atoms. The normalized spacial score (nSPS) is 13.6. The number of H-pyrrole nitrogens is 1. The first-order chi connectivity index (χ1) is 14.5. The minimum atomic E-state index is -0.362. The second kappa shape index (κ2) is 7.05. The molecule has 30 heavy (non-hydrogen) atoms. The van der Waals surface area contributed by atoms with E-state index in [4.69, 9.17) is 0 Å². The largest absolute Gasteiger partial charge is 0.346 e. The molecule has 5 heterocycles. The lowest BCUT2D eigenvalue weighted by Gasteiger charge is -2.27. The molecule has 4 aromatic heterocycles. The minimum absolute atomic E-state index is 0.0654. The van der Waals surface area contributed by atoms with Gasteiger partial charge in [-0.3, -0.25) is 14.3 Å². The zero-order chi connectivity index (χ0) is 20.8. The third-order valence-electron chi connectivity index (χ3n) is 5.68. The zero-order valence-corrected chi connectivity index (χ0v) is 16.8. The molecule has 1 aliphatic rings. The van der Waals surface area contributed by atoms with Gasteiger partial charge in [0.05, 0.1) is 17.5 Å². The van der Waals surface area contributed by atoms with E-state index in [2.05, 4.69) is 19.9 Å². The topological polar surface area (TPSA) is 79.7 Å². The zero-order valence-electron chi connectivity index (χ0n) is 16.8. The molecule has 0 fully saturated rings. The van der Waals surface area contributed by atoms with Crippen molar-refractivity contribution in [2.45, 2.75) is 26.3 Å². The second-order valence-electron chi connectivity index (χ2n) is 7.69. The predicted octanol–water partition coefficient (Wildman–Crippen LogP) is 3.06. The van der Waals surface area contributed by atoms with Gasteiger partial charge in [-0.05, 0) is 36.6 Å². The Hall–Kier alpha value is -3.55. The van der Waals surface area contributed by atoms with E-state index in [1.54, 1.807) is 10.8 Å². The van der Waals surface area contributed by atoms with Gasteiger partial charge < -0.3 is 9.88 Å². The Kier molecular flexibility index (Phi) is 4.34. The molecule has 7 nitrogen and oxygen atoms in total. The number of anilines is 1. The Morgan fingerprint density at radius 1 is 1.17 bits per heavy atom. The van der Waals surface area contributed by atoms with Gasteiger partial charge in [0.15, 0.2) is 0 Å². The maximum absolute atomic E-state index is 13.6. The number of hydrogen-bond acceptors (Lipinski definition) is 5. The van der Waals surface area contributed by atoms with Crippen molar-refractivity contribution in [3.05, 3.63) is 69.8 Å². The summed E-state index contributed by atoms with van der Waals surface area (Å²) < 4.78 is 15.3. The highest BCUT2D eigenvalue weighted by Crippen LogP contribution is 2.24. The number of fused-ring (bicyclic) bond motifs is 2. The summed E-state index contributed by atoms with van der Waals surface area (Å²) >= 11 is 0. The predicted molar refractivity (Wildman–Crippen MR) is 113 cm³/mol. The lowest BCUT2D eigenvalue weighted by atomic mass is 10.0. The van der Waals surface area contributed by atoms with Crippen molar-refractivity contribution in [1.82, 2.24) is 24.5 Å². The Morgan fingerprint density at radius 2 is 2.03 bits per heavy atom. The maximum Gasteiger partial charge on any atom is 0.264 e. The van der Waals surface area contributed by atoms with Crippen LogP contribution in [-0.2, 0) is 13.0 Å². The van der Waals surface area contributed by atoms with E-state index >= 15 is 0 Å². The van der Waals surface area contributed by atoms with Crippen LogP contribution in [0.1, 0.15) is 23.2 Å². The average molecular weight is 404 g/mol. The smallest absolute Gasteiger partial charge is 0.264 e. The van der Waals surface area contributed by atoms with Crippen LogP contribution in [0, 0.1) is 12.7 Å². The SMILES string of the molecule is Cc1nc(-c2cnc3n(c2=O)CCCN3C)ccc1Cc1c[nH]c2ncc(F)cc12.